The van der Waals surface area contributed by atoms with Crippen molar-refractivity contribution in [3.05, 3.63) is 59.2 Å². The molecule has 6 nitrogen and oxygen atoms in total. The highest BCUT2D eigenvalue weighted by molar-refractivity contribution is 6.39. The van der Waals surface area contributed by atoms with E-state index < -0.39 is 11.8 Å². The van der Waals surface area contributed by atoms with E-state index in [0.717, 1.165) is 30.5 Å². The van der Waals surface area contributed by atoms with Crippen LogP contribution >= 0.6 is 0 Å². The van der Waals surface area contributed by atoms with Crippen LogP contribution in [0.15, 0.2) is 42.5 Å². The molecule has 6 heteroatoms. The Morgan fingerprint density at radius 2 is 1.93 bits per heavy atom. The van der Waals surface area contributed by atoms with Crippen LogP contribution in [0.2, 0.25) is 0 Å². The zero-order valence-electron chi connectivity index (χ0n) is 17.7. The third-order valence-electron chi connectivity index (χ3n) is 5.40. The fourth-order valence-corrected chi connectivity index (χ4v) is 3.79. The Morgan fingerprint density at radius 1 is 1.14 bits per heavy atom. The number of carbonyl (C=O) groups is 2. The van der Waals surface area contributed by atoms with Crippen molar-refractivity contribution in [1.29, 1.82) is 0 Å². The van der Waals surface area contributed by atoms with Crippen molar-refractivity contribution in [2.75, 3.05) is 44.4 Å². The average molecular weight is 395 g/mol. The van der Waals surface area contributed by atoms with Gasteiger partial charge in [0, 0.05) is 31.5 Å². The molecule has 2 aromatic rings. The molecule has 1 unspecified atom stereocenters. The number of fused-ring (bicyclic) bond motifs is 1. The highest BCUT2D eigenvalue weighted by atomic mass is 16.2. The van der Waals surface area contributed by atoms with Crippen LogP contribution in [0.1, 0.15) is 29.2 Å². The number of hydrogen-bond acceptors (Lipinski definition) is 4. The number of rotatable bonds is 5. The third kappa shape index (κ3) is 5.15. The Balaban J connectivity index is 1.65. The molecule has 2 amide bonds. The summed E-state index contributed by atoms with van der Waals surface area (Å²) >= 11 is 0. The van der Waals surface area contributed by atoms with E-state index in [-0.39, 0.29) is 6.04 Å². The Labute approximate surface area is 172 Å². The zero-order valence-corrected chi connectivity index (χ0v) is 17.7. The van der Waals surface area contributed by atoms with Crippen LogP contribution in [0.25, 0.3) is 0 Å². The van der Waals surface area contributed by atoms with Gasteiger partial charge in [-0.05, 0) is 68.8 Å². The molecule has 0 saturated heterocycles. The molecular formula is C23H30N4O2. The van der Waals surface area contributed by atoms with Crippen LogP contribution in [-0.4, -0.2) is 50.9 Å². The second kappa shape index (κ2) is 9.09. The molecule has 3 rings (SSSR count). The quantitative estimate of drug-likeness (QED) is 0.766. The van der Waals surface area contributed by atoms with E-state index in [1.165, 1.54) is 11.3 Å². The second-order valence-corrected chi connectivity index (χ2v) is 7.93. The van der Waals surface area contributed by atoms with Crippen molar-refractivity contribution < 1.29 is 9.59 Å². The summed E-state index contributed by atoms with van der Waals surface area (Å²) in [5, 5.41) is 5.43. The molecule has 2 aromatic carbocycles. The van der Waals surface area contributed by atoms with Gasteiger partial charge < -0.3 is 20.4 Å². The van der Waals surface area contributed by atoms with Gasteiger partial charge in [0.25, 0.3) is 0 Å². The first-order chi connectivity index (χ1) is 13.8. The third-order valence-corrected chi connectivity index (χ3v) is 5.40. The summed E-state index contributed by atoms with van der Waals surface area (Å²) in [6, 6.07) is 13.9. The summed E-state index contributed by atoms with van der Waals surface area (Å²) in [5.74, 6) is -1.28. The summed E-state index contributed by atoms with van der Waals surface area (Å²) in [7, 11) is 6.08. The number of aryl methyl sites for hydroxylation is 2. The molecule has 1 aliphatic heterocycles. The molecule has 0 bridgehead atoms. The fourth-order valence-electron chi connectivity index (χ4n) is 3.79. The number of nitrogens with one attached hydrogen (secondary N) is 2. The number of nitrogens with zero attached hydrogens (tertiary/aromatic N) is 2. The van der Waals surface area contributed by atoms with Gasteiger partial charge in [-0.15, -0.1) is 0 Å². The minimum atomic E-state index is -0.653. The van der Waals surface area contributed by atoms with E-state index >= 15 is 0 Å². The maximum atomic E-state index is 12.3. The van der Waals surface area contributed by atoms with Crippen molar-refractivity contribution in [2.24, 2.45) is 0 Å². The summed E-state index contributed by atoms with van der Waals surface area (Å²) < 4.78 is 0. The Bertz CT molecular complexity index is 894. The molecule has 0 radical (unpaired) electrons. The monoisotopic (exact) mass is 394 g/mol. The van der Waals surface area contributed by atoms with Crippen molar-refractivity contribution in [3.8, 4) is 0 Å². The van der Waals surface area contributed by atoms with Gasteiger partial charge in [-0.1, -0.05) is 24.3 Å². The fraction of sp³-hybridized carbons (Fsp3) is 0.391. The van der Waals surface area contributed by atoms with Gasteiger partial charge in [-0.2, -0.15) is 0 Å². The topological polar surface area (TPSA) is 64.7 Å². The largest absolute Gasteiger partial charge is 0.374 e. The Kier molecular flexibility index (Phi) is 6.54. The first-order valence-corrected chi connectivity index (χ1v) is 10.0. The predicted octanol–water partition coefficient (Wildman–Crippen LogP) is 2.74. The van der Waals surface area contributed by atoms with E-state index in [0.29, 0.717) is 12.2 Å². The average Bonchev–Trinajstić information content (AvgIpc) is 2.68. The Morgan fingerprint density at radius 3 is 2.66 bits per heavy atom. The number of hydrogen-bond donors (Lipinski definition) is 2. The van der Waals surface area contributed by atoms with Crippen LogP contribution in [0.4, 0.5) is 11.4 Å². The first kappa shape index (κ1) is 20.9. The standard InChI is InChI=1S/C23H30N4O2/c1-16-7-5-9-19(13-16)25-23(29)22(28)24-15-21(26(2)3)18-10-11-20-17(14-18)8-6-12-27(20)4/h5,7,9-11,13-14,21H,6,8,12,15H2,1-4H3,(H,24,28)(H,25,29). The summed E-state index contributed by atoms with van der Waals surface area (Å²) in [6.07, 6.45) is 2.22. The predicted molar refractivity (Wildman–Crippen MR) is 117 cm³/mol. The number of amides is 2. The lowest BCUT2D eigenvalue weighted by Gasteiger charge is -2.30. The maximum Gasteiger partial charge on any atom is 0.313 e. The number of carbonyl (C=O) groups excluding carboxylic acids is 2. The summed E-state index contributed by atoms with van der Waals surface area (Å²) in [6.45, 7) is 3.38. The molecule has 1 heterocycles. The molecule has 0 spiro atoms. The minimum absolute atomic E-state index is 0.0109. The van der Waals surface area contributed by atoms with Crippen LogP contribution in [0, 0.1) is 6.92 Å². The van der Waals surface area contributed by atoms with Crippen molar-refractivity contribution in [3.63, 3.8) is 0 Å². The van der Waals surface area contributed by atoms with Crippen LogP contribution in [0.5, 0.6) is 0 Å². The minimum Gasteiger partial charge on any atom is -0.374 e. The van der Waals surface area contributed by atoms with Gasteiger partial charge in [0.1, 0.15) is 0 Å². The number of benzene rings is 2. The van der Waals surface area contributed by atoms with Gasteiger partial charge in [-0.3, -0.25) is 9.59 Å². The van der Waals surface area contributed by atoms with Gasteiger partial charge in [0.15, 0.2) is 0 Å². The normalized spacial score (nSPS) is 14.3. The van der Waals surface area contributed by atoms with Crippen molar-refractivity contribution >= 4 is 23.2 Å². The zero-order chi connectivity index (χ0) is 21.0. The molecule has 0 aromatic heterocycles. The van der Waals surface area contributed by atoms with E-state index in [1.807, 2.05) is 39.2 Å². The molecule has 2 N–H and O–H groups in total. The molecule has 1 aliphatic rings. The van der Waals surface area contributed by atoms with Crippen molar-refractivity contribution in [1.82, 2.24) is 10.2 Å². The molecule has 0 aliphatic carbocycles. The molecule has 1 atom stereocenters. The lowest BCUT2D eigenvalue weighted by Crippen LogP contribution is -2.40. The number of anilines is 2. The van der Waals surface area contributed by atoms with Crippen molar-refractivity contribution in [2.45, 2.75) is 25.8 Å². The smallest absolute Gasteiger partial charge is 0.313 e. The number of likely N-dealkylation sites (N-methyl/N-ethyl adjacent to an activating group) is 1. The van der Waals surface area contributed by atoms with Crippen LogP contribution in [0.3, 0.4) is 0 Å². The highest BCUT2D eigenvalue weighted by Gasteiger charge is 2.21. The molecule has 0 saturated carbocycles. The molecule has 29 heavy (non-hydrogen) atoms. The lowest BCUT2D eigenvalue weighted by molar-refractivity contribution is -0.136. The first-order valence-electron chi connectivity index (χ1n) is 10.0. The maximum absolute atomic E-state index is 12.3. The van der Waals surface area contributed by atoms with E-state index in [1.54, 1.807) is 6.07 Å². The van der Waals surface area contributed by atoms with Gasteiger partial charge in [0.05, 0.1) is 6.04 Å². The van der Waals surface area contributed by atoms with Crippen LogP contribution < -0.4 is 15.5 Å². The second-order valence-electron chi connectivity index (χ2n) is 7.93. The van der Waals surface area contributed by atoms with Gasteiger partial charge in [0.2, 0.25) is 0 Å². The SMILES string of the molecule is Cc1cccc(NC(=O)C(=O)NCC(c2ccc3c(c2)CCCN3C)N(C)C)c1. The Hall–Kier alpha value is -2.86. The van der Waals surface area contributed by atoms with E-state index in [2.05, 4.69) is 45.7 Å². The van der Waals surface area contributed by atoms with Crippen LogP contribution in [-0.2, 0) is 16.0 Å². The van der Waals surface area contributed by atoms with E-state index in [4.69, 9.17) is 0 Å². The van der Waals surface area contributed by atoms with Gasteiger partial charge >= 0.3 is 11.8 Å². The molecule has 154 valence electrons. The molecular weight excluding hydrogens is 364 g/mol. The van der Waals surface area contributed by atoms with E-state index in [9.17, 15) is 9.59 Å². The lowest BCUT2D eigenvalue weighted by atomic mass is 9.96. The summed E-state index contributed by atoms with van der Waals surface area (Å²) in [5.41, 5.74) is 5.40. The summed E-state index contributed by atoms with van der Waals surface area (Å²) in [4.78, 5) is 28.9. The van der Waals surface area contributed by atoms with Gasteiger partial charge in [-0.25, -0.2) is 0 Å². The highest BCUT2D eigenvalue weighted by Crippen LogP contribution is 2.29. The molecule has 0 fully saturated rings.